The molecule has 0 bridgehead atoms. The molecule has 7 nitrogen and oxygen atoms in total. The minimum absolute atomic E-state index is 0.154. The molecule has 0 aliphatic heterocycles. The van der Waals surface area contributed by atoms with E-state index in [2.05, 4.69) is 10.1 Å². The van der Waals surface area contributed by atoms with Gasteiger partial charge in [0, 0.05) is 11.1 Å². The standard InChI is InChI=1S/C20H17NO6/c1-11-7-8-13(19(23)26-3)10-15(11)21-18(22)14-9-12-5-4-6-16(25-2)17(12)27-20(14)24/h4-10H,1-3H3,(H,21,22). The first-order valence-corrected chi connectivity index (χ1v) is 8.05. The molecule has 7 heteroatoms. The highest BCUT2D eigenvalue weighted by atomic mass is 16.5. The summed E-state index contributed by atoms with van der Waals surface area (Å²) in [7, 11) is 2.74. The molecule has 3 aromatic rings. The summed E-state index contributed by atoms with van der Waals surface area (Å²) in [5, 5.41) is 3.20. The first-order valence-electron chi connectivity index (χ1n) is 8.05. The van der Waals surface area contributed by atoms with Gasteiger partial charge in [-0.1, -0.05) is 18.2 Å². The number of hydrogen-bond acceptors (Lipinski definition) is 6. The van der Waals surface area contributed by atoms with Crippen LogP contribution < -0.4 is 15.7 Å². The van der Waals surface area contributed by atoms with Gasteiger partial charge in [0.05, 0.1) is 19.8 Å². The predicted molar refractivity (Wildman–Crippen MR) is 99.5 cm³/mol. The van der Waals surface area contributed by atoms with Crippen LogP contribution in [0, 0.1) is 6.92 Å². The van der Waals surface area contributed by atoms with Crippen molar-refractivity contribution in [3.05, 3.63) is 69.6 Å². The lowest BCUT2D eigenvalue weighted by molar-refractivity contribution is 0.0600. The number of methoxy groups -OCH3 is 2. The van der Waals surface area contributed by atoms with Gasteiger partial charge < -0.3 is 19.2 Å². The fraction of sp³-hybridized carbons (Fsp3) is 0.150. The van der Waals surface area contributed by atoms with E-state index in [0.717, 1.165) is 5.56 Å². The first kappa shape index (κ1) is 18.2. The van der Waals surface area contributed by atoms with Crippen LogP contribution >= 0.6 is 0 Å². The van der Waals surface area contributed by atoms with Crippen LogP contribution in [0.5, 0.6) is 5.75 Å². The lowest BCUT2D eigenvalue weighted by atomic mass is 10.1. The highest BCUT2D eigenvalue weighted by Crippen LogP contribution is 2.25. The van der Waals surface area contributed by atoms with E-state index in [9.17, 15) is 14.4 Å². The smallest absolute Gasteiger partial charge is 0.349 e. The molecule has 27 heavy (non-hydrogen) atoms. The number of aryl methyl sites for hydroxylation is 1. The third-order valence-corrected chi connectivity index (χ3v) is 4.10. The maximum absolute atomic E-state index is 12.6. The van der Waals surface area contributed by atoms with Crippen LogP contribution in [0.3, 0.4) is 0 Å². The summed E-state index contributed by atoms with van der Waals surface area (Å²) in [5.74, 6) is -0.764. The number of nitrogens with one attached hydrogen (secondary N) is 1. The van der Waals surface area contributed by atoms with Crippen LogP contribution in [-0.2, 0) is 4.74 Å². The molecule has 1 heterocycles. The second-order valence-electron chi connectivity index (χ2n) is 5.80. The van der Waals surface area contributed by atoms with Gasteiger partial charge in [-0.05, 0) is 36.8 Å². The monoisotopic (exact) mass is 367 g/mol. The number of para-hydroxylation sites is 1. The number of carbonyl (C=O) groups excluding carboxylic acids is 2. The zero-order valence-corrected chi connectivity index (χ0v) is 15.0. The predicted octanol–water partition coefficient (Wildman–Crippen LogP) is 3.15. The average molecular weight is 367 g/mol. The Labute approximate surface area is 154 Å². The zero-order valence-electron chi connectivity index (χ0n) is 15.0. The Morgan fingerprint density at radius 2 is 1.85 bits per heavy atom. The molecule has 138 valence electrons. The van der Waals surface area contributed by atoms with E-state index in [0.29, 0.717) is 16.8 Å². The summed E-state index contributed by atoms with van der Waals surface area (Å²) in [6.45, 7) is 1.77. The molecular formula is C20H17NO6. The van der Waals surface area contributed by atoms with Crippen molar-refractivity contribution in [3.63, 3.8) is 0 Å². The molecule has 0 saturated heterocycles. The Morgan fingerprint density at radius 1 is 1.07 bits per heavy atom. The second kappa shape index (κ2) is 7.33. The van der Waals surface area contributed by atoms with Crippen molar-refractivity contribution in [2.45, 2.75) is 6.92 Å². The van der Waals surface area contributed by atoms with E-state index in [1.54, 1.807) is 37.3 Å². The van der Waals surface area contributed by atoms with Gasteiger partial charge in [0.1, 0.15) is 5.56 Å². The number of ether oxygens (including phenoxy) is 2. The molecule has 3 rings (SSSR count). The Hall–Kier alpha value is -3.61. The van der Waals surface area contributed by atoms with E-state index >= 15 is 0 Å². The van der Waals surface area contributed by atoms with Gasteiger partial charge in [-0.15, -0.1) is 0 Å². The zero-order chi connectivity index (χ0) is 19.6. The molecule has 0 aliphatic carbocycles. The lowest BCUT2D eigenvalue weighted by Crippen LogP contribution is -2.21. The first-order chi connectivity index (χ1) is 12.9. The second-order valence-corrected chi connectivity index (χ2v) is 5.80. The third-order valence-electron chi connectivity index (χ3n) is 4.10. The minimum atomic E-state index is -0.786. The van der Waals surface area contributed by atoms with Crippen molar-refractivity contribution in [2.75, 3.05) is 19.5 Å². The fourth-order valence-corrected chi connectivity index (χ4v) is 2.63. The summed E-state index contributed by atoms with van der Waals surface area (Å²) in [4.78, 5) is 36.6. The van der Waals surface area contributed by atoms with Gasteiger partial charge in [0.2, 0.25) is 0 Å². The van der Waals surface area contributed by atoms with Gasteiger partial charge in [-0.2, -0.15) is 0 Å². The minimum Gasteiger partial charge on any atom is -0.493 e. The summed E-state index contributed by atoms with van der Waals surface area (Å²) >= 11 is 0. The highest BCUT2D eigenvalue weighted by molar-refractivity contribution is 6.06. The maximum atomic E-state index is 12.6. The molecule has 1 amide bonds. The fourth-order valence-electron chi connectivity index (χ4n) is 2.63. The number of hydrogen-bond donors (Lipinski definition) is 1. The number of carbonyl (C=O) groups is 2. The molecule has 0 spiro atoms. The molecular weight excluding hydrogens is 350 g/mol. The van der Waals surface area contributed by atoms with Gasteiger partial charge >= 0.3 is 11.6 Å². The van der Waals surface area contributed by atoms with E-state index in [-0.39, 0.29) is 16.7 Å². The number of benzene rings is 2. The number of anilines is 1. The third kappa shape index (κ3) is 3.52. The molecule has 0 aliphatic rings. The van der Waals surface area contributed by atoms with E-state index in [1.165, 1.54) is 26.4 Å². The SMILES string of the molecule is COC(=O)c1ccc(C)c(NC(=O)c2cc3cccc(OC)c3oc2=O)c1. The summed E-state index contributed by atoms with van der Waals surface area (Å²) in [6, 6.07) is 11.3. The van der Waals surface area contributed by atoms with Crippen molar-refractivity contribution in [1.82, 2.24) is 0 Å². The van der Waals surface area contributed by atoms with Crippen LogP contribution in [0.1, 0.15) is 26.3 Å². The van der Waals surface area contributed by atoms with Crippen molar-refractivity contribution in [1.29, 1.82) is 0 Å². The molecule has 1 N–H and O–H groups in total. The summed E-state index contributed by atoms with van der Waals surface area (Å²) in [6.07, 6.45) is 0. The van der Waals surface area contributed by atoms with Crippen LogP contribution in [-0.4, -0.2) is 26.1 Å². The Morgan fingerprint density at radius 3 is 2.56 bits per heavy atom. The van der Waals surface area contributed by atoms with Crippen LogP contribution in [0.4, 0.5) is 5.69 Å². The molecule has 0 saturated carbocycles. The number of fused-ring (bicyclic) bond motifs is 1. The Bertz CT molecular complexity index is 1100. The molecule has 1 aromatic heterocycles. The van der Waals surface area contributed by atoms with Crippen LogP contribution in [0.15, 0.2) is 51.7 Å². The number of esters is 1. The molecule has 0 radical (unpaired) electrons. The molecule has 0 fully saturated rings. The lowest BCUT2D eigenvalue weighted by Gasteiger charge is -2.10. The van der Waals surface area contributed by atoms with Crippen molar-refractivity contribution < 1.29 is 23.5 Å². The summed E-state index contributed by atoms with van der Waals surface area (Å²) < 4.78 is 15.1. The van der Waals surface area contributed by atoms with Crippen molar-refractivity contribution >= 4 is 28.5 Å². The van der Waals surface area contributed by atoms with Gasteiger partial charge in [-0.25, -0.2) is 9.59 Å². The van der Waals surface area contributed by atoms with E-state index < -0.39 is 17.5 Å². The van der Waals surface area contributed by atoms with E-state index in [4.69, 9.17) is 9.15 Å². The Kier molecular flexibility index (Phi) is 4.94. The highest BCUT2D eigenvalue weighted by Gasteiger charge is 2.17. The molecule has 0 unspecified atom stereocenters. The normalized spacial score (nSPS) is 10.5. The van der Waals surface area contributed by atoms with Crippen LogP contribution in [0.25, 0.3) is 11.0 Å². The number of rotatable bonds is 4. The summed E-state index contributed by atoms with van der Waals surface area (Å²) in [5.41, 5.74) is 0.736. The quantitative estimate of drug-likeness (QED) is 0.562. The van der Waals surface area contributed by atoms with Crippen LogP contribution in [0.2, 0.25) is 0 Å². The largest absolute Gasteiger partial charge is 0.493 e. The Balaban J connectivity index is 1.99. The van der Waals surface area contributed by atoms with E-state index in [1.807, 2.05) is 0 Å². The molecule has 0 atom stereocenters. The van der Waals surface area contributed by atoms with Crippen molar-refractivity contribution in [2.24, 2.45) is 0 Å². The van der Waals surface area contributed by atoms with Gasteiger partial charge in [0.25, 0.3) is 5.91 Å². The number of amides is 1. The average Bonchev–Trinajstić information content (AvgIpc) is 2.67. The molecule has 2 aromatic carbocycles. The van der Waals surface area contributed by atoms with Crippen molar-refractivity contribution in [3.8, 4) is 5.75 Å². The van der Waals surface area contributed by atoms with Gasteiger partial charge in [-0.3, -0.25) is 4.79 Å². The van der Waals surface area contributed by atoms with Gasteiger partial charge in [0.15, 0.2) is 11.3 Å². The maximum Gasteiger partial charge on any atom is 0.349 e. The topological polar surface area (TPSA) is 94.8 Å².